The number of hydrogen-bond donors (Lipinski definition) is 1. The minimum absolute atomic E-state index is 0.142. The molecule has 0 radical (unpaired) electrons. The number of nitrogens with one attached hydrogen (secondary N) is 1. The van der Waals surface area contributed by atoms with Gasteiger partial charge in [-0.1, -0.05) is 11.6 Å². The number of aryl methyl sites for hydroxylation is 1. The fourth-order valence-electron chi connectivity index (χ4n) is 1.15. The first kappa shape index (κ1) is 7.36. The number of aromatic nitrogens is 3. The lowest BCUT2D eigenvalue weighted by Gasteiger charge is -1.92. The summed E-state index contributed by atoms with van der Waals surface area (Å²) in [4.78, 5) is 15.0. The van der Waals surface area contributed by atoms with Crippen LogP contribution in [0, 0.1) is 0 Å². The van der Waals surface area contributed by atoms with Gasteiger partial charge in [0.05, 0.1) is 10.9 Å². The van der Waals surface area contributed by atoms with Crippen LogP contribution in [-0.2, 0) is 7.05 Å². The quantitative estimate of drug-likeness (QED) is 0.618. The molecule has 1 N–H and O–H groups in total. The molecule has 0 bridgehead atoms. The minimum atomic E-state index is -0.142. The number of halogens is 1. The van der Waals surface area contributed by atoms with Gasteiger partial charge in [0.1, 0.15) is 5.15 Å². The minimum Gasteiger partial charge on any atom is -0.287 e. The van der Waals surface area contributed by atoms with Crippen LogP contribution in [0.15, 0.2) is 17.1 Å². The molecule has 0 fully saturated rings. The first-order chi connectivity index (χ1) is 5.68. The van der Waals surface area contributed by atoms with E-state index >= 15 is 0 Å². The van der Waals surface area contributed by atoms with Crippen molar-refractivity contribution in [3.63, 3.8) is 0 Å². The van der Waals surface area contributed by atoms with E-state index in [0.717, 1.165) is 5.52 Å². The second-order valence-corrected chi connectivity index (χ2v) is 2.91. The maximum absolute atomic E-state index is 11.2. The molecule has 12 heavy (non-hydrogen) atoms. The number of pyridine rings is 1. The standard InChI is InChI=1S/C7H6ClN3O/c1-11-5-2-6(8)9-3-4(5)7(12)10-11/h2-3H,1H3,(H,10,12). The van der Waals surface area contributed by atoms with E-state index < -0.39 is 0 Å². The molecule has 62 valence electrons. The molecule has 0 spiro atoms. The smallest absolute Gasteiger partial charge is 0.273 e. The van der Waals surface area contributed by atoms with Crippen molar-refractivity contribution in [2.24, 2.45) is 7.05 Å². The summed E-state index contributed by atoms with van der Waals surface area (Å²) in [6, 6.07) is 1.65. The second kappa shape index (κ2) is 2.35. The Morgan fingerprint density at radius 1 is 1.67 bits per heavy atom. The summed E-state index contributed by atoms with van der Waals surface area (Å²) in [5, 5.41) is 3.55. The molecule has 0 saturated heterocycles. The normalized spacial score (nSPS) is 10.8. The molecule has 0 amide bonds. The Bertz CT molecular complexity index is 485. The van der Waals surface area contributed by atoms with Crippen molar-refractivity contribution >= 4 is 22.5 Å². The summed E-state index contributed by atoms with van der Waals surface area (Å²) in [5.41, 5.74) is 0.622. The van der Waals surface area contributed by atoms with E-state index in [4.69, 9.17) is 11.6 Å². The zero-order chi connectivity index (χ0) is 8.72. The fourth-order valence-corrected chi connectivity index (χ4v) is 1.30. The van der Waals surface area contributed by atoms with Crippen LogP contribution in [0.25, 0.3) is 10.9 Å². The van der Waals surface area contributed by atoms with Gasteiger partial charge in [-0.2, -0.15) is 0 Å². The maximum Gasteiger partial charge on any atom is 0.273 e. The molecule has 2 heterocycles. The van der Waals surface area contributed by atoms with Gasteiger partial charge in [0.2, 0.25) is 0 Å². The first-order valence-corrected chi connectivity index (χ1v) is 3.76. The fraction of sp³-hybridized carbons (Fsp3) is 0.143. The third kappa shape index (κ3) is 0.921. The van der Waals surface area contributed by atoms with Crippen LogP contribution in [-0.4, -0.2) is 14.8 Å². The number of H-pyrrole nitrogens is 1. The van der Waals surface area contributed by atoms with Crippen molar-refractivity contribution in [2.75, 3.05) is 0 Å². The molecule has 0 aliphatic rings. The van der Waals surface area contributed by atoms with E-state index in [1.165, 1.54) is 6.20 Å². The molecule has 0 aliphatic carbocycles. The van der Waals surface area contributed by atoms with E-state index in [2.05, 4.69) is 10.1 Å². The summed E-state index contributed by atoms with van der Waals surface area (Å²) >= 11 is 5.66. The molecule has 2 rings (SSSR count). The van der Waals surface area contributed by atoms with Gasteiger partial charge < -0.3 is 0 Å². The summed E-state index contributed by atoms with van der Waals surface area (Å²) in [7, 11) is 1.75. The third-order valence-electron chi connectivity index (χ3n) is 1.72. The van der Waals surface area contributed by atoms with Crippen LogP contribution in [0.5, 0.6) is 0 Å². The SMILES string of the molecule is Cn1[nH]c(=O)c2cnc(Cl)cc21. The number of fused-ring (bicyclic) bond motifs is 1. The molecule has 2 aromatic rings. The van der Waals surface area contributed by atoms with E-state index in [0.29, 0.717) is 10.5 Å². The summed E-state index contributed by atoms with van der Waals surface area (Å²) < 4.78 is 1.62. The monoisotopic (exact) mass is 183 g/mol. The van der Waals surface area contributed by atoms with Crippen LogP contribution in [0.3, 0.4) is 0 Å². The molecule has 2 aromatic heterocycles. The Morgan fingerprint density at radius 3 is 3.17 bits per heavy atom. The van der Waals surface area contributed by atoms with Crippen molar-refractivity contribution in [2.45, 2.75) is 0 Å². The molecule has 4 nitrogen and oxygen atoms in total. The van der Waals surface area contributed by atoms with Gasteiger partial charge in [-0.25, -0.2) is 4.98 Å². The van der Waals surface area contributed by atoms with Crippen LogP contribution < -0.4 is 5.56 Å². The van der Waals surface area contributed by atoms with E-state index in [1.54, 1.807) is 17.8 Å². The summed E-state index contributed by atoms with van der Waals surface area (Å²) in [5.74, 6) is 0. The van der Waals surface area contributed by atoms with Gasteiger partial charge in [-0.3, -0.25) is 14.6 Å². The molecule has 0 aliphatic heterocycles. The highest BCUT2D eigenvalue weighted by Gasteiger charge is 2.03. The number of aromatic amines is 1. The lowest BCUT2D eigenvalue weighted by atomic mass is 10.3. The average molecular weight is 184 g/mol. The van der Waals surface area contributed by atoms with E-state index in [-0.39, 0.29) is 5.56 Å². The Kier molecular flexibility index (Phi) is 1.44. The highest BCUT2D eigenvalue weighted by molar-refractivity contribution is 6.29. The predicted octanol–water partition coefficient (Wildman–Crippen LogP) is 0.915. The summed E-state index contributed by atoms with van der Waals surface area (Å²) in [6.45, 7) is 0. The maximum atomic E-state index is 11.2. The van der Waals surface area contributed by atoms with Crippen LogP contribution in [0.1, 0.15) is 0 Å². The van der Waals surface area contributed by atoms with Gasteiger partial charge in [0.15, 0.2) is 0 Å². The zero-order valence-corrected chi connectivity index (χ0v) is 7.09. The van der Waals surface area contributed by atoms with Crippen molar-refractivity contribution in [1.82, 2.24) is 14.8 Å². The number of hydrogen-bond acceptors (Lipinski definition) is 2. The topological polar surface area (TPSA) is 50.7 Å². The van der Waals surface area contributed by atoms with Crippen molar-refractivity contribution in [1.29, 1.82) is 0 Å². The molecule has 0 saturated carbocycles. The van der Waals surface area contributed by atoms with Gasteiger partial charge >= 0.3 is 0 Å². The molecular formula is C7H6ClN3O. The van der Waals surface area contributed by atoms with Crippen molar-refractivity contribution in [3.8, 4) is 0 Å². The van der Waals surface area contributed by atoms with Gasteiger partial charge in [0, 0.05) is 19.3 Å². The Balaban J connectivity index is 3.00. The number of rotatable bonds is 0. The van der Waals surface area contributed by atoms with Gasteiger partial charge in [-0.15, -0.1) is 0 Å². The van der Waals surface area contributed by atoms with Gasteiger partial charge in [0.25, 0.3) is 5.56 Å². The Morgan fingerprint density at radius 2 is 2.42 bits per heavy atom. The van der Waals surface area contributed by atoms with Crippen LogP contribution in [0.2, 0.25) is 5.15 Å². The van der Waals surface area contributed by atoms with Gasteiger partial charge in [-0.05, 0) is 0 Å². The lowest BCUT2D eigenvalue weighted by molar-refractivity contribution is 0.783. The largest absolute Gasteiger partial charge is 0.287 e. The lowest BCUT2D eigenvalue weighted by Crippen LogP contribution is -2.01. The Hall–Kier alpha value is -1.29. The zero-order valence-electron chi connectivity index (χ0n) is 6.34. The molecular weight excluding hydrogens is 178 g/mol. The average Bonchev–Trinajstić information content (AvgIpc) is 2.28. The van der Waals surface area contributed by atoms with E-state index in [9.17, 15) is 4.79 Å². The number of nitrogens with zero attached hydrogens (tertiary/aromatic N) is 2. The summed E-state index contributed by atoms with van der Waals surface area (Å²) in [6.07, 6.45) is 1.47. The third-order valence-corrected chi connectivity index (χ3v) is 1.93. The molecule has 0 atom stereocenters. The van der Waals surface area contributed by atoms with Crippen LogP contribution >= 0.6 is 11.6 Å². The van der Waals surface area contributed by atoms with E-state index in [1.807, 2.05) is 0 Å². The highest BCUT2D eigenvalue weighted by atomic mass is 35.5. The molecule has 0 unspecified atom stereocenters. The van der Waals surface area contributed by atoms with Crippen molar-refractivity contribution < 1.29 is 0 Å². The second-order valence-electron chi connectivity index (χ2n) is 2.52. The van der Waals surface area contributed by atoms with Crippen molar-refractivity contribution in [3.05, 3.63) is 27.8 Å². The first-order valence-electron chi connectivity index (χ1n) is 3.39. The molecule has 0 aromatic carbocycles. The Labute approximate surface area is 72.8 Å². The molecule has 5 heteroatoms. The highest BCUT2D eigenvalue weighted by Crippen LogP contribution is 2.11. The predicted molar refractivity (Wildman–Crippen MR) is 46.3 cm³/mol. The van der Waals surface area contributed by atoms with Crippen LogP contribution in [0.4, 0.5) is 0 Å².